The Kier molecular flexibility index (Phi) is 7.07. The number of rotatable bonds is 7. The summed E-state index contributed by atoms with van der Waals surface area (Å²) < 4.78 is 5.27. The van der Waals surface area contributed by atoms with Gasteiger partial charge >= 0.3 is 0 Å². The second kappa shape index (κ2) is 7.45. The fourth-order valence-corrected chi connectivity index (χ4v) is 1.09. The Bertz CT molecular complexity index is 257. The van der Waals surface area contributed by atoms with Crippen molar-refractivity contribution in [1.29, 1.82) is 0 Å². The zero-order valence-electron chi connectivity index (χ0n) is 11.5. The average molecular weight is 242 g/mol. The number of hydrogen-bond donors (Lipinski definition) is 2. The van der Waals surface area contributed by atoms with Crippen LogP contribution in [0.3, 0.4) is 0 Å². The predicted molar refractivity (Wildman–Crippen MR) is 70.7 cm³/mol. The van der Waals surface area contributed by atoms with E-state index in [-0.39, 0.29) is 17.4 Å². The lowest BCUT2D eigenvalue weighted by Gasteiger charge is -2.26. The van der Waals surface area contributed by atoms with Crippen LogP contribution < -0.4 is 11.1 Å². The maximum atomic E-state index is 11.5. The van der Waals surface area contributed by atoms with Crippen molar-refractivity contribution in [3.8, 4) is 0 Å². The predicted octanol–water partition coefficient (Wildman–Crippen LogP) is 1.46. The quantitative estimate of drug-likeness (QED) is 0.525. The third kappa shape index (κ3) is 8.89. The lowest BCUT2D eigenvalue weighted by atomic mass is 9.85. The average Bonchev–Trinajstić information content (AvgIpc) is 2.15. The summed E-state index contributed by atoms with van der Waals surface area (Å²) in [5, 5.41) is 2.79. The summed E-state index contributed by atoms with van der Waals surface area (Å²) in [5.74, 6) is -0.0219. The standard InChI is InChI=1S/C13H26N2O2/c1-10(2)9-17-7-6-15-12(16)8-11(14)13(3,4)5/h11H,1,6-9,14H2,2-5H3,(H,15,16). The molecule has 0 rings (SSSR count). The minimum atomic E-state index is -0.126. The van der Waals surface area contributed by atoms with Crippen molar-refractivity contribution >= 4 is 5.91 Å². The van der Waals surface area contributed by atoms with Crippen molar-refractivity contribution in [3.05, 3.63) is 12.2 Å². The third-order valence-electron chi connectivity index (χ3n) is 2.43. The molecule has 0 heterocycles. The van der Waals surface area contributed by atoms with Gasteiger partial charge in [0.05, 0.1) is 13.2 Å². The van der Waals surface area contributed by atoms with Crippen molar-refractivity contribution in [2.75, 3.05) is 19.8 Å². The molecule has 0 aliphatic carbocycles. The summed E-state index contributed by atoms with van der Waals surface area (Å²) in [5.41, 5.74) is 6.85. The van der Waals surface area contributed by atoms with Gasteiger partial charge in [-0.25, -0.2) is 0 Å². The summed E-state index contributed by atoms with van der Waals surface area (Å²) in [6.07, 6.45) is 0.351. The number of amides is 1. The SMILES string of the molecule is C=C(C)COCCNC(=O)CC(N)C(C)(C)C. The van der Waals surface area contributed by atoms with Gasteiger partial charge in [0.15, 0.2) is 0 Å². The summed E-state index contributed by atoms with van der Waals surface area (Å²) in [7, 11) is 0. The highest BCUT2D eigenvalue weighted by atomic mass is 16.5. The van der Waals surface area contributed by atoms with E-state index in [2.05, 4.69) is 11.9 Å². The molecule has 0 bridgehead atoms. The van der Waals surface area contributed by atoms with Crippen LogP contribution in [0, 0.1) is 5.41 Å². The van der Waals surface area contributed by atoms with Crippen LogP contribution in [-0.2, 0) is 9.53 Å². The van der Waals surface area contributed by atoms with E-state index in [1.807, 2.05) is 27.7 Å². The molecule has 4 heteroatoms. The molecule has 0 aromatic rings. The molecule has 4 nitrogen and oxygen atoms in total. The van der Waals surface area contributed by atoms with Crippen molar-refractivity contribution in [3.63, 3.8) is 0 Å². The first kappa shape index (κ1) is 16.1. The first-order valence-corrected chi connectivity index (χ1v) is 5.98. The molecular weight excluding hydrogens is 216 g/mol. The molecule has 0 aromatic heterocycles. The monoisotopic (exact) mass is 242 g/mol. The van der Waals surface area contributed by atoms with E-state index in [0.29, 0.717) is 26.2 Å². The second-order valence-electron chi connectivity index (χ2n) is 5.54. The van der Waals surface area contributed by atoms with E-state index in [9.17, 15) is 4.79 Å². The lowest BCUT2D eigenvalue weighted by molar-refractivity contribution is -0.122. The molecule has 100 valence electrons. The van der Waals surface area contributed by atoms with Crippen LogP contribution in [-0.4, -0.2) is 31.7 Å². The van der Waals surface area contributed by atoms with Gasteiger partial charge in [0.1, 0.15) is 0 Å². The van der Waals surface area contributed by atoms with Crippen LogP contribution in [0.2, 0.25) is 0 Å². The molecule has 17 heavy (non-hydrogen) atoms. The third-order valence-corrected chi connectivity index (χ3v) is 2.43. The highest BCUT2D eigenvalue weighted by Gasteiger charge is 2.22. The number of carbonyl (C=O) groups is 1. The summed E-state index contributed by atoms with van der Waals surface area (Å²) in [4.78, 5) is 11.5. The number of nitrogens with one attached hydrogen (secondary N) is 1. The topological polar surface area (TPSA) is 64.3 Å². The molecule has 0 fully saturated rings. The summed E-state index contributed by atoms with van der Waals surface area (Å²) in [6.45, 7) is 13.3. The van der Waals surface area contributed by atoms with E-state index >= 15 is 0 Å². The van der Waals surface area contributed by atoms with E-state index < -0.39 is 0 Å². The molecular formula is C13H26N2O2. The molecule has 1 atom stereocenters. The Morgan fingerprint density at radius 2 is 2.06 bits per heavy atom. The van der Waals surface area contributed by atoms with Crippen LogP contribution in [0.15, 0.2) is 12.2 Å². The van der Waals surface area contributed by atoms with Gasteiger partial charge in [-0.15, -0.1) is 0 Å². The Morgan fingerprint density at radius 3 is 2.53 bits per heavy atom. The summed E-state index contributed by atoms with van der Waals surface area (Å²) >= 11 is 0. The zero-order valence-corrected chi connectivity index (χ0v) is 11.5. The maximum absolute atomic E-state index is 11.5. The van der Waals surface area contributed by atoms with Gasteiger partial charge in [-0.2, -0.15) is 0 Å². The first-order chi connectivity index (χ1) is 7.73. The Balaban J connectivity index is 3.64. The Morgan fingerprint density at radius 1 is 1.47 bits per heavy atom. The highest BCUT2D eigenvalue weighted by molar-refractivity contribution is 5.76. The number of hydrogen-bond acceptors (Lipinski definition) is 3. The van der Waals surface area contributed by atoms with Gasteiger partial charge in [-0.3, -0.25) is 4.79 Å². The van der Waals surface area contributed by atoms with Gasteiger partial charge < -0.3 is 15.8 Å². The fourth-order valence-electron chi connectivity index (χ4n) is 1.09. The molecule has 0 aromatic carbocycles. The number of nitrogens with two attached hydrogens (primary N) is 1. The first-order valence-electron chi connectivity index (χ1n) is 5.98. The van der Waals surface area contributed by atoms with E-state index in [0.717, 1.165) is 5.57 Å². The molecule has 0 saturated carbocycles. The Hall–Kier alpha value is -0.870. The van der Waals surface area contributed by atoms with Gasteiger partial charge in [0.25, 0.3) is 0 Å². The van der Waals surface area contributed by atoms with Crippen molar-refractivity contribution < 1.29 is 9.53 Å². The zero-order chi connectivity index (χ0) is 13.5. The van der Waals surface area contributed by atoms with E-state index in [4.69, 9.17) is 10.5 Å². The van der Waals surface area contributed by atoms with Crippen LogP contribution >= 0.6 is 0 Å². The van der Waals surface area contributed by atoms with E-state index in [1.54, 1.807) is 0 Å². The molecule has 0 radical (unpaired) electrons. The minimum Gasteiger partial charge on any atom is -0.375 e. The van der Waals surface area contributed by atoms with Crippen LogP contribution in [0.1, 0.15) is 34.1 Å². The van der Waals surface area contributed by atoms with Gasteiger partial charge in [-0.1, -0.05) is 32.9 Å². The second-order valence-corrected chi connectivity index (χ2v) is 5.54. The van der Waals surface area contributed by atoms with Crippen molar-refractivity contribution in [1.82, 2.24) is 5.32 Å². The molecule has 0 saturated heterocycles. The van der Waals surface area contributed by atoms with E-state index in [1.165, 1.54) is 0 Å². The van der Waals surface area contributed by atoms with Crippen LogP contribution in [0.5, 0.6) is 0 Å². The normalized spacial score (nSPS) is 13.2. The van der Waals surface area contributed by atoms with Crippen molar-refractivity contribution in [2.45, 2.75) is 40.2 Å². The fraction of sp³-hybridized carbons (Fsp3) is 0.769. The van der Waals surface area contributed by atoms with Gasteiger partial charge in [-0.05, 0) is 12.3 Å². The van der Waals surface area contributed by atoms with Crippen LogP contribution in [0.4, 0.5) is 0 Å². The Labute approximate surface area is 105 Å². The number of carbonyl (C=O) groups excluding carboxylic acids is 1. The summed E-state index contributed by atoms with van der Waals surface area (Å²) in [6, 6.07) is -0.126. The molecule has 0 spiro atoms. The maximum Gasteiger partial charge on any atom is 0.221 e. The van der Waals surface area contributed by atoms with Crippen molar-refractivity contribution in [2.24, 2.45) is 11.1 Å². The van der Waals surface area contributed by atoms with Crippen LogP contribution in [0.25, 0.3) is 0 Å². The highest BCUT2D eigenvalue weighted by Crippen LogP contribution is 2.19. The molecule has 0 aliphatic rings. The molecule has 3 N–H and O–H groups in total. The molecule has 0 aliphatic heterocycles. The van der Waals surface area contributed by atoms with Gasteiger partial charge in [0.2, 0.25) is 5.91 Å². The lowest BCUT2D eigenvalue weighted by Crippen LogP contribution is -2.40. The van der Waals surface area contributed by atoms with Gasteiger partial charge in [0, 0.05) is 19.0 Å². The molecule has 1 unspecified atom stereocenters. The smallest absolute Gasteiger partial charge is 0.221 e. The number of ether oxygens (including phenoxy) is 1. The minimum absolute atomic E-state index is 0.0219. The largest absolute Gasteiger partial charge is 0.375 e. The molecule has 1 amide bonds.